The van der Waals surface area contributed by atoms with Crippen LogP contribution in [0, 0.1) is 0 Å². The lowest BCUT2D eigenvalue weighted by molar-refractivity contribution is 0.256. The summed E-state index contributed by atoms with van der Waals surface area (Å²) in [6.45, 7) is 14.4. The van der Waals surface area contributed by atoms with E-state index in [1.807, 2.05) is 36.5 Å². The molecule has 0 radical (unpaired) electrons. The van der Waals surface area contributed by atoms with E-state index in [0.29, 0.717) is 0 Å². The van der Waals surface area contributed by atoms with Crippen molar-refractivity contribution in [3.05, 3.63) is 106 Å². The van der Waals surface area contributed by atoms with Gasteiger partial charge in [-0.15, -0.1) is 6.58 Å². The number of likely N-dealkylation sites (tertiary alicyclic amines) is 1. The molecule has 2 aliphatic rings. The summed E-state index contributed by atoms with van der Waals surface area (Å²) in [6, 6.07) is 16.8. The number of halogens is 1. The third-order valence-electron chi connectivity index (χ3n) is 7.48. The van der Waals surface area contributed by atoms with Gasteiger partial charge < -0.3 is 10.2 Å². The van der Waals surface area contributed by atoms with Gasteiger partial charge in [-0.05, 0) is 98.2 Å². The van der Waals surface area contributed by atoms with Crippen molar-refractivity contribution in [1.29, 1.82) is 0 Å². The van der Waals surface area contributed by atoms with E-state index < -0.39 is 0 Å². The maximum absolute atomic E-state index is 6.12. The molecule has 3 aromatic rings. The summed E-state index contributed by atoms with van der Waals surface area (Å²) in [7, 11) is 0. The Hall–Kier alpha value is -3.14. The second kappa shape index (κ2) is 13.6. The molecular formula is C34H40ClN3. The van der Waals surface area contributed by atoms with E-state index in [4.69, 9.17) is 11.6 Å². The van der Waals surface area contributed by atoms with Crippen LogP contribution >= 0.6 is 11.6 Å². The lowest BCUT2D eigenvalue weighted by atomic mass is 9.86. The predicted octanol–water partition coefficient (Wildman–Crippen LogP) is 9.19. The van der Waals surface area contributed by atoms with Crippen LogP contribution in [0.2, 0.25) is 5.02 Å². The molecule has 4 heteroatoms. The Labute approximate surface area is 233 Å². The van der Waals surface area contributed by atoms with Crippen LogP contribution in [0.3, 0.4) is 0 Å². The van der Waals surface area contributed by atoms with Gasteiger partial charge in [0.25, 0.3) is 0 Å². The van der Waals surface area contributed by atoms with Gasteiger partial charge in [0.2, 0.25) is 0 Å². The van der Waals surface area contributed by atoms with Gasteiger partial charge in [-0.2, -0.15) is 0 Å². The molecule has 1 N–H and O–H groups in total. The summed E-state index contributed by atoms with van der Waals surface area (Å²) >= 11 is 6.12. The standard InChI is InChI=1S/C30H32ClN3.C4H8/c1-21-8-9-23-6-3-4-7-26(23)30(22(21)2)24-13-18-34(19-14-24)17-5-15-32-28-12-16-33-29-20-25(31)10-11-27(28)29;1-3-4-2/h3-4,6-12,16,20H,5,13-15,17-19H2,1-2H3,(H,32,33);3H,1,4H2,2H3. The number of aromatic nitrogens is 1. The van der Waals surface area contributed by atoms with Crippen LogP contribution in [0.25, 0.3) is 22.6 Å². The third kappa shape index (κ3) is 6.83. The smallest absolute Gasteiger partial charge is 0.0737 e. The van der Waals surface area contributed by atoms with Crippen molar-refractivity contribution in [2.24, 2.45) is 0 Å². The zero-order chi connectivity index (χ0) is 26.9. The molecule has 0 bridgehead atoms. The summed E-state index contributed by atoms with van der Waals surface area (Å²) in [5.41, 5.74) is 10.7. The summed E-state index contributed by atoms with van der Waals surface area (Å²) in [5.74, 6) is 0. The molecule has 0 atom stereocenters. The van der Waals surface area contributed by atoms with E-state index in [2.05, 4.69) is 79.0 Å². The number of allylic oxidation sites excluding steroid dienone is 5. The quantitative estimate of drug-likeness (QED) is 0.257. The minimum atomic E-state index is 0.723. The van der Waals surface area contributed by atoms with Crippen LogP contribution in [0.1, 0.15) is 57.6 Å². The van der Waals surface area contributed by atoms with E-state index in [-0.39, 0.29) is 0 Å². The molecule has 1 fully saturated rings. The Bertz CT molecular complexity index is 1360. The summed E-state index contributed by atoms with van der Waals surface area (Å²) in [5, 5.41) is 5.45. The number of hydrogen-bond donors (Lipinski definition) is 1. The van der Waals surface area contributed by atoms with E-state index >= 15 is 0 Å². The van der Waals surface area contributed by atoms with Crippen molar-refractivity contribution >= 4 is 39.8 Å². The molecule has 0 saturated carbocycles. The number of anilines is 1. The van der Waals surface area contributed by atoms with Crippen LogP contribution in [-0.2, 0) is 0 Å². The largest absolute Gasteiger partial charge is 0.384 e. The molecule has 2 aromatic carbocycles. The second-order valence-electron chi connectivity index (χ2n) is 10.0. The number of fused-ring (bicyclic) bond motifs is 2. The number of hydrogen-bond acceptors (Lipinski definition) is 3. The first-order valence-corrected chi connectivity index (χ1v) is 14.2. The number of nitrogens with one attached hydrogen (secondary N) is 1. The Morgan fingerprint density at radius 3 is 2.58 bits per heavy atom. The van der Waals surface area contributed by atoms with Crippen molar-refractivity contribution in [3.63, 3.8) is 0 Å². The Kier molecular flexibility index (Phi) is 9.98. The summed E-state index contributed by atoms with van der Waals surface area (Å²) in [6.07, 6.45) is 12.8. The third-order valence-corrected chi connectivity index (χ3v) is 7.72. The number of pyridine rings is 1. The van der Waals surface area contributed by atoms with Crippen molar-refractivity contribution in [2.45, 2.75) is 46.5 Å². The highest BCUT2D eigenvalue weighted by Gasteiger charge is 2.21. The van der Waals surface area contributed by atoms with Gasteiger partial charge in [-0.25, -0.2) is 0 Å². The number of nitrogens with zero attached hydrogens (tertiary/aromatic N) is 2. The average molecular weight is 526 g/mol. The Morgan fingerprint density at radius 2 is 1.82 bits per heavy atom. The molecule has 1 aliphatic carbocycles. The van der Waals surface area contributed by atoms with Gasteiger partial charge in [0.15, 0.2) is 0 Å². The molecule has 3 nitrogen and oxygen atoms in total. The first-order chi connectivity index (χ1) is 18.5. The maximum atomic E-state index is 6.12. The molecule has 38 heavy (non-hydrogen) atoms. The fraction of sp³-hybridized carbons (Fsp3) is 0.324. The number of benzene rings is 2. The summed E-state index contributed by atoms with van der Waals surface area (Å²) < 4.78 is 0. The molecule has 5 rings (SSSR count). The predicted molar refractivity (Wildman–Crippen MR) is 167 cm³/mol. The maximum Gasteiger partial charge on any atom is 0.0737 e. The lowest BCUT2D eigenvalue weighted by Gasteiger charge is -2.30. The number of piperidine rings is 1. The Balaban J connectivity index is 0.000000786. The van der Waals surface area contributed by atoms with Gasteiger partial charge in [0.05, 0.1) is 5.52 Å². The zero-order valence-corrected chi connectivity index (χ0v) is 23.8. The van der Waals surface area contributed by atoms with Crippen molar-refractivity contribution in [1.82, 2.24) is 9.88 Å². The van der Waals surface area contributed by atoms with Crippen LogP contribution in [0.4, 0.5) is 5.69 Å². The monoisotopic (exact) mass is 525 g/mol. The highest BCUT2D eigenvalue weighted by molar-refractivity contribution is 6.31. The lowest BCUT2D eigenvalue weighted by Crippen LogP contribution is -2.32. The molecule has 0 amide bonds. The van der Waals surface area contributed by atoms with E-state index in [1.165, 1.54) is 27.8 Å². The van der Waals surface area contributed by atoms with Crippen molar-refractivity contribution in [2.75, 3.05) is 31.5 Å². The zero-order valence-electron chi connectivity index (χ0n) is 23.1. The van der Waals surface area contributed by atoms with Gasteiger partial charge in [0, 0.05) is 41.9 Å². The molecule has 1 saturated heterocycles. The normalized spacial score (nSPS) is 15.6. The van der Waals surface area contributed by atoms with Gasteiger partial charge in [0.1, 0.15) is 0 Å². The molecule has 0 unspecified atom stereocenters. The Morgan fingerprint density at radius 1 is 1.05 bits per heavy atom. The molecule has 2 heterocycles. The SMILES string of the molecule is C=CCC.CC1=C(C)C(=C2CCN(CCCNc3ccnc4cc(Cl)ccc34)CC2)c2ccccc2C=C1. The minimum absolute atomic E-state index is 0.723. The highest BCUT2D eigenvalue weighted by atomic mass is 35.5. The van der Waals surface area contributed by atoms with Gasteiger partial charge in [-0.1, -0.05) is 66.6 Å². The van der Waals surface area contributed by atoms with Crippen LogP contribution in [0.15, 0.2) is 90.2 Å². The molecule has 0 spiro atoms. The van der Waals surface area contributed by atoms with E-state index in [0.717, 1.165) is 73.5 Å². The van der Waals surface area contributed by atoms with Crippen LogP contribution < -0.4 is 5.32 Å². The topological polar surface area (TPSA) is 28.2 Å². The van der Waals surface area contributed by atoms with Crippen LogP contribution in [0.5, 0.6) is 0 Å². The van der Waals surface area contributed by atoms with E-state index in [9.17, 15) is 0 Å². The highest BCUT2D eigenvalue weighted by Crippen LogP contribution is 2.37. The molecule has 1 aliphatic heterocycles. The van der Waals surface area contributed by atoms with Crippen LogP contribution in [-0.4, -0.2) is 36.1 Å². The van der Waals surface area contributed by atoms with Gasteiger partial charge in [-0.3, -0.25) is 4.98 Å². The van der Waals surface area contributed by atoms with Crippen molar-refractivity contribution in [3.8, 4) is 0 Å². The molecular weight excluding hydrogens is 486 g/mol. The molecule has 1 aromatic heterocycles. The second-order valence-corrected chi connectivity index (χ2v) is 10.5. The minimum Gasteiger partial charge on any atom is -0.384 e. The fourth-order valence-electron chi connectivity index (χ4n) is 5.16. The first kappa shape index (κ1) is 27.9. The average Bonchev–Trinajstić information content (AvgIpc) is 3.07. The fourth-order valence-corrected chi connectivity index (χ4v) is 5.33. The van der Waals surface area contributed by atoms with Crippen molar-refractivity contribution < 1.29 is 0 Å². The summed E-state index contributed by atoms with van der Waals surface area (Å²) in [4.78, 5) is 7.05. The molecule has 198 valence electrons. The number of rotatable bonds is 6. The van der Waals surface area contributed by atoms with Gasteiger partial charge >= 0.3 is 0 Å². The first-order valence-electron chi connectivity index (χ1n) is 13.8. The van der Waals surface area contributed by atoms with E-state index in [1.54, 1.807) is 5.57 Å².